The fourth-order valence-corrected chi connectivity index (χ4v) is 4.46. The number of nitrogens with one attached hydrogen (secondary N) is 1. The van der Waals surface area contributed by atoms with E-state index in [4.69, 9.17) is 0 Å². The second-order valence-corrected chi connectivity index (χ2v) is 7.47. The number of H-pyrrole nitrogens is 1. The number of amides is 3. The van der Waals surface area contributed by atoms with Crippen LogP contribution >= 0.6 is 0 Å². The fourth-order valence-electron chi connectivity index (χ4n) is 4.46. The number of unbranched alkanes of at least 4 members (excludes halogenated alkanes) is 2. The summed E-state index contributed by atoms with van der Waals surface area (Å²) in [6, 6.07) is 7.79. The Hall–Kier alpha value is -2.30. The van der Waals surface area contributed by atoms with Crippen molar-refractivity contribution in [2.24, 2.45) is 0 Å². The number of carbonyl (C=O) groups excluding carboxylic acids is 2. The highest BCUT2D eigenvalue weighted by Gasteiger charge is 2.51. The SMILES string of the molecule is CCCC[C@@H]1c2[nH]c3ccccc3c2C[C@@H]2C(=O)N(CCCC)C(=O)N21. The first-order valence-corrected chi connectivity index (χ1v) is 9.90. The highest BCUT2D eigenvalue weighted by Crippen LogP contribution is 2.42. The van der Waals surface area contributed by atoms with Gasteiger partial charge in [0.05, 0.1) is 6.04 Å². The van der Waals surface area contributed by atoms with Gasteiger partial charge in [-0.3, -0.25) is 9.69 Å². The Morgan fingerprint density at radius 2 is 1.88 bits per heavy atom. The summed E-state index contributed by atoms with van der Waals surface area (Å²) in [6.45, 7) is 4.78. The minimum atomic E-state index is -0.340. The summed E-state index contributed by atoms with van der Waals surface area (Å²) in [5, 5.41) is 1.19. The molecule has 2 aromatic rings. The van der Waals surface area contributed by atoms with Gasteiger partial charge >= 0.3 is 6.03 Å². The van der Waals surface area contributed by atoms with Crippen LogP contribution in [0.2, 0.25) is 0 Å². The average Bonchev–Trinajstić information content (AvgIpc) is 3.14. The van der Waals surface area contributed by atoms with Gasteiger partial charge in [0.15, 0.2) is 0 Å². The van der Waals surface area contributed by atoms with E-state index >= 15 is 0 Å². The van der Waals surface area contributed by atoms with Gasteiger partial charge in [0.1, 0.15) is 6.04 Å². The zero-order valence-electron chi connectivity index (χ0n) is 15.6. The number of fused-ring (bicyclic) bond motifs is 4. The van der Waals surface area contributed by atoms with Gasteiger partial charge in [0, 0.05) is 29.6 Å². The molecule has 1 aromatic carbocycles. The van der Waals surface area contributed by atoms with Crippen molar-refractivity contribution in [2.45, 2.75) is 64.5 Å². The Balaban J connectivity index is 1.77. The Labute approximate surface area is 154 Å². The van der Waals surface area contributed by atoms with Crippen molar-refractivity contribution < 1.29 is 9.59 Å². The van der Waals surface area contributed by atoms with Gasteiger partial charge in [-0.05, 0) is 24.5 Å². The number of carbonyl (C=O) groups is 2. The van der Waals surface area contributed by atoms with E-state index in [1.165, 1.54) is 15.8 Å². The lowest BCUT2D eigenvalue weighted by Gasteiger charge is -2.35. The molecule has 1 aromatic heterocycles. The third-order valence-corrected chi connectivity index (χ3v) is 5.82. The van der Waals surface area contributed by atoms with E-state index in [2.05, 4.69) is 31.0 Å². The molecule has 1 fully saturated rings. The topological polar surface area (TPSA) is 56.4 Å². The maximum Gasteiger partial charge on any atom is 0.328 e. The van der Waals surface area contributed by atoms with E-state index in [0.717, 1.165) is 43.3 Å². The molecule has 0 aliphatic carbocycles. The number of hydrogen-bond acceptors (Lipinski definition) is 2. The third kappa shape index (κ3) is 2.52. The Morgan fingerprint density at radius 1 is 1.12 bits per heavy atom. The first kappa shape index (κ1) is 17.1. The van der Waals surface area contributed by atoms with Crippen molar-refractivity contribution in [2.75, 3.05) is 6.54 Å². The smallest absolute Gasteiger partial charge is 0.328 e. The Bertz CT molecular complexity index is 841. The van der Waals surface area contributed by atoms with Crippen molar-refractivity contribution in [3.05, 3.63) is 35.5 Å². The minimum Gasteiger partial charge on any atom is -0.356 e. The van der Waals surface area contributed by atoms with Gasteiger partial charge in [-0.2, -0.15) is 0 Å². The van der Waals surface area contributed by atoms with Crippen LogP contribution in [-0.2, 0) is 11.2 Å². The number of rotatable bonds is 6. The molecule has 3 amide bonds. The summed E-state index contributed by atoms with van der Waals surface area (Å²) in [5.41, 5.74) is 3.46. The molecular weight excluding hydrogens is 326 g/mol. The van der Waals surface area contributed by atoms with Crippen molar-refractivity contribution in [1.82, 2.24) is 14.8 Å². The number of nitrogens with zero attached hydrogens (tertiary/aromatic N) is 2. The van der Waals surface area contributed by atoms with Crippen LogP contribution in [-0.4, -0.2) is 39.3 Å². The first-order valence-electron chi connectivity index (χ1n) is 9.90. The minimum absolute atomic E-state index is 0.0131. The largest absolute Gasteiger partial charge is 0.356 e. The number of aromatic nitrogens is 1. The molecule has 26 heavy (non-hydrogen) atoms. The van der Waals surface area contributed by atoms with Crippen LogP contribution < -0.4 is 0 Å². The average molecular weight is 353 g/mol. The first-order chi connectivity index (χ1) is 12.7. The molecule has 0 saturated carbocycles. The number of benzene rings is 1. The molecule has 3 heterocycles. The molecular formula is C21H27N3O2. The Kier molecular flexibility index (Phi) is 4.47. The summed E-state index contributed by atoms with van der Waals surface area (Å²) < 4.78 is 0. The monoisotopic (exact) mass is 353 g/mol. The number of imide groups is 1. The van der Waals surface area contributed by atoms with Crippen molar-refractivity contribution in [3.63, 3.8) is 0 Å². The van der Waals surface area contributed by atoms with Crippen LogP contribution in [0.1, 0.15) is 63.3 Å². The highest BCUT2D eigenvalue weighted by molar-refractivity contribution is 6.05. The zero-order valence-corrected chi connectivity index (χ0v) is 15.6. The number of hydrogen-bond donors (Lipinski definition) is 1. The van der Waals surface area contributed by atoms with Gasteiger partial charge in [-0.15, -0.1) is 0 Å². The third-order valence-electron chi connectivity index (χ3n) is 5.82. The Morgan fingerprint density at radius 3 is 2.65 bits per heavy atom. The molecule has 2 aliphatic rings. The highest BCUT2D eigenvalue weighted by atomic mass is 16.2. The summed E-state index contributed by atoms with van der Waals surface area (Å²) >= 11 is 0. The van der Waals surface area contributed by atoms with E-state index in [9.17, 15) is 9.59 Å². The lowest BCUT2D eigenvalue weighted by Crippen LogP contribution is -2.43. The van der Waals surface area contributed by atoms with Gasteiger partial charge in [0.2, 0.25) is 0 Å². The summed E-state index contributed by atoms with van der Waals surface area (Å²) in [6.07, 6.45) is 5.48. The standard InChI is InChI=1S/C21H27N3O2/c1-3-5-11-17-19-15(14-9-7-8-10-16(14)22-19)13-18-20(25)23(12-6-4-2)21(26)24(17)18/h7-10,17-18,22H,3-6,11-13H2,1-2H3/t17-,18-/m1/s1. The molecule has 2 atom stereocenters. The van der Waals surface area contributed by atoms with E-state index in [1.807, 2.05) is 17.0 Å². The number of aromatic amines is 1. The molecule has 0 bridgehead atoms. The van der Waals surface area contributed by atoms with Gasteiger partial charge < -0.3 is 9.88 Å². The van der Waals surface area contributed by atoms with Crippen LogP contribution in [0.3, 0.4) is 0 Å². The second kappa shape index (κ2) is 6.78. The molecule has 4 rings (SSSR count). The van der Waals surface area contributed by atoms with Crippen LogP contribution in [0, 0.1) is 0 Å². The van der Waals surface area contributed by atoms with E-state index < -0.39 is 0 Å². The molecule has 5 nitrogen and oxygen atoms in total. The normalized spacial score (nSPS) is 22.2. The molecule has 1 saturated heterocycles. The summed E-state index contributed by atoms with van der Waals surface area (Å²) in [5.74, 6) is -0.0131. The van der Waals surface area contributed by atoms with Crippen LogP contribution in [0.4, 0.5) is 4.79 Å². The maximum atomic E-state index is 13.1. The molecule has 2 aliphatic heterocycles. The van der Waals surface area contributed by atoms with Crippen LogP contribution in [0.5, 0.6) is 0 Å². The molecule has 0 unspecified atom stereocenters. The van der Waals surface area contributed by atoms with Gasteiger partial charge in [-0.25, -0.2) is 4.79 Å². The van der Waals surface area contributed by atoms with Crippen molar-refractivity contribution in [1.29, 1.82) is 0 Å². The van der Waals surface area contributed by atoms with Crippen LogP contribution in [0.15, 0.2) is 24.3 Å². The fraction of sp³-hybridized carbons (Fsp3) is 0.524. The lowest BCUT2D eigenvalue weighted by molar-refractivity contribution is -0.128. The predicted octanol–water partition coefficient (Wildman–Crippen LogP) is 4.39. The summed E-state index contributed by atoms with van der Waals surface area (Å²) in [7, 11) is 0. The molecule has 0 spiro atoms. The number of para-hydroxylation sites is 1. The quantitative estimate of drug-likeness (QED) is 0.783. The molecule has 0 radical (unpaired) electrons. The van der Waals surface area contributed by atoms with Crippen molar-refractivity contribution >= 4 is 22.8 Å². The lowest BCUT2D eigenvalue weighted by atomic mass is 9.90. The van der Waals surface area contributed by atoms with Gasteiger partial charge in [0.25, 0.3) is 5.91 Å². The molecule has 138 valence electrons. The molecule has 1 N–H and O–H groups in total. The summed E-state index contributed by atoms with van der Waals surface area (Å²) in [4.78, 5) is 33.0. The van der Waals surface area contributed by atoms with Crippen LogP contribution in [0.25, 0.3) is 10.9 Å². The zero-order chi connectivity index (χ0) is 18.3. The van der Waals surface area contributed by atoms with E-state index in [-0.39, 0.29) is 24.0 Å². The van der Waals surface area contributed by atoms with Crippen molar-refractivity contribution in [3.8, 4) is 0 Å². The van der Waals surface area contributed by atoms with E-state index in [0.29, 0.717) is 13.0 Å². The number of urea groups is 1. The van der Waals surface area contributed by atoms with Gasteiger partial charge in [-0.1, -0.05) is 51.3 Å². The molecule has 5 heteroatoms. The maximum absolute atomic E-state index is 13.1. The second-order valence-electron chi connectivity index (χ2n) is 7.47. The van der Waals surface area contributed by atoms with E-state index in [1.54, 1.807) is 0 Å². The predicted molar refractivity (Wildman–Crippen MR) is 102 cm³/mol.